The molecule has 0 spiro atoms. The number of hydrogen-bond donors (Lipinski definition) is 1. The van der Waals surface area contributed by atoms with Crippen molar-refractivity contribution in [3.63, 3.8) is 0 Å². The predicted molar refractivity (Wildman–Crippen MR) is 90.3 cm³/mol. The first-order valence-corrected chi connectivity index (χ1v) is 7.73. The number of halogens is 1. The van der Waals surface area contributed by atoms with E-state index in [2.05, 4.69) is 10.2 Å². The highest BCUT2D eigenvalue weighted by Gasteiger charge is 2.15. The number of benzene rings is 1. The van der Waals surface area contributed by atoms with Gasteiger partial charge >= 0.3 is 0 Å². The fourth-order valence-corrected chi connectivity index (χ4v) is 2.28. The number of rotatable bonds is 8. The number of carbonyl (C=O) groups excluding carboxylic acids is 2. The summed E-state index contributed by atoms with van der Waals surface area (Å²) in [6.07, 6.45) is 1.16. The van der Waals surface area contributed by atoms with Crippen LogP contribution in [0, 0.1) is 0 Å². The van der Waals surface area contributed by atoms with Gasteiger partial charge in [0.1, 0.15) is 0 Å². The Kier molecular flexibility index (Phi) is 7.91. The Morgan fingerprint density at radius 1 is 1.18 bits per heavy atom. The van der Waals surface area contributed by atoms with Gasteiger partial charge in [0.15, 0.2) is 0 Å². The number of hydrogen-bond acceptors (Lipinski definition) is 3. The van der Waals surface area contributed by atoms with Crippen LogP contribution in [0.25, 0.3) is 0 Å². The topological polar surface area (TPSA) is 52.7 Å². The Bertz CT molecular complexity index is 506. The molecule has 0 aliphatic rings. The van der Waals surface area contributed by atoms with Gasteiger partial charge in [-0.3, -0.25) is 9.59 Å². The SMILES string of the molecule is CC(=O)N(CCC(=O)NCCCN(C)C)c1ccccc1Cl. The van der Waals surface area contributed by atoms with E-state index in [0.717, 1.165) is 13.0 Å². The van der Waals surface area contributed by atoms with Crippen LogP contribution in [0.3, 0.4) is 0 Å². The van der Waals surface area contributed by atoms with E-state index in [9.17, 15) is 9.59 Å². The first-order valence-electron chi connectivity index (χ1n) is 7.36. The van der Waals surface area contributed by atoms with Crippen LogP contribution in [0.4, 0.5) is 5.69 Å². The average Bonchev–Trinajstić information content (AvgIpc) is 2.45. The molecule has 0 aromatic heterocycles. The summed E-state index contributed by atoms with van der Waals surface area (Å²) in [7, 11) is 3.99. The van der Waals surface area contributed by atoms with Crippen LogP contribution < -0.4 is 10.2 Å². The summed E-state index contributed by atoms with van der Waals surface area (Å²) in [5.74, 6) is -0.189. The lowest BCUT2D eigenvalue weighted by atomic mass is 10.2. The molecule has 0 fully saturated rings. The predicted octanol–water partition coefficient (Wildman–Crippen LogP) is 2.15. The standard InChI is InChI=1S/C16H24ClN3O2/c1-13(21)20(15-8-5-4-7-14(15)17)12-9-16(22)18-10-6-11-19(2)3/h4-5,7-8H,6,9-12H2,1-3H3,(H,18,22). The second-order valence-corrected chi connectivity index (χ2v) is 5.79. The van der Waals surface area contributed by atoms with Crippen molar-refractivity contribution in [3.05, 3.63) is 29.3 Å². The van der Waals surface area contributed by atoms with Crippen LogP contribution >= 0.6 is 11.6 Å². The van der Waals surface area contributed by atoms with Crippen molar-refractivity contribution >= 4 is 29.1 Å². The molecule has 0 unspecified atom stereocenters. The minimum atomic E-state index is -0.131. The fourth-order valence-electron chi connectivity index (χ4n) is 2.04. The molecule has 1 rings (SSSR count). The van der Waals surface area contributed by atoms with Crippen molar-refractivity contribution in [1.29, 1.82) is 0 Å². The van der Waals surface area contributed by atoms with E-state index in [4.69, 9.17) is 11.6 Å². The molecular formula is C16H24ClN3O2. The van der Waals surface area contributed by atoms with Gasteiger partial charge in [0, 0.05) is 26.4 Å². The molecule has 0 aliphatic carbocycles. The monoisotopic (exact) mass is 325 g/mol. The quantitative estimate of drug-likeness (QED) is 0.745. The third kappa shape index (κ3) is 6.45. The molecule has 1 aromatic rings. The summed E-state index contributed by atoms with van der Waals surface area (Å²) in [5, 5.41) is 3.37. The Balaban J connectivity index is 2.47. The summed E-state index contributed by atoms with van der Waals surface area (Å²) in [6.45, 7) is 3.36. The van der Waals surface area contributed by atoms with Crippen LogP contribution in [-0.4, -0.2) is 50.4 Å². The lowest BCUT2D eigenvalue weighted by molar-refractivity contribution is -0.121. The van der Waals surface area contributed by atoms with Gasteiger partial charge < -0.3 is 15.1 Å². The summed E-state index contributed by atoms with van der Waals surface area (Å²) in [6, 6.07) is 7.13. The Hall–Kier alpha value is -1.59. The van der Waals surface area contributed by atoms with Crippen molar-refractivity contribution in [2.24, 2.45) is 0 Å². The zero-order valence-electron chi connectivity index (χ0n) is 13.4. The van der Waals surface area contributed by atoms with Gasteiger partial charge in [0.25, 0.3) is 0 Å². The summed E-state index contributed by atoms with van der Waals surface area (Å²) in [5.41, 5.74) is 0.636. The first kappa shape index (κ1) is 18.5. The van der Waals surface area contributed by atoms with Gasteiger partial charge in [-0.05, 0) is 39.2 Å². The van der Waals surface area contributed by atoms with Gasteiger partial charge in [0.2, 0.25) is 11.8 Å². The molecule has 22 heavy (non-hydrogen) atoms. The van der Waals surface area contributed by atoms with Crippen LogP contribution in [0.15, 0.2) is 24.3 Å². The molecule has 0 heterocycles. The van der Waals surface area contributed by atoms with Crippen LogP contribution in [0.1, 0.15) is 19.8 Å². The van der Waals surface area contributed by atoms with Crippen molar-refractivity contribution in [2.45, 2.75) is 19.8 Å². The molecule has 0 saturated heterocycles. The van der Waals surface area contributed by atoms with Gasteiger partial charge in [-0.25, -0.2) is 0 Å². The highest BCUT2D eigenvalue weighted by Crippen LogP contribution is 2.25. The van der Waals surface area contributed by atoms with Gasteiger partial charge in [-0.1, -0.05) is 23.7 Å². The second kappa shape index (κ2) is 9.43. The molecule has 6 heteroatoms. The molecule has 0 aliphatic heterocycles. The molecule has 0 saturated carbocycles. The molecule has 0 atom stereocenters. The maximum Gasteiger partial charge on any atom is 0.223 e. The number of anilines is 1. The van der Waals surface area contributed by atoms with E-state index in [1.54, 1.807) is 12.1 Å². The number of amides is 2. The highest BCUT2D eigenvalue weighted by molar-refractivity contribution is 6.33. The zero-order valence-corrected chi connectivity index (χ0v) is 14.2. The van der Waals surface area contributed by atoms with E-state index in [0.29, 0.717) is 23.8 Å². The molecule has 0 bridgehead atoms. The molecular weight excluding hydrogens is 302 g/mol. The largest absolute Gasteiger partial charge is 0.356 e. The minimum absolute atomic E-state index is 0.0583. The number of nitrogens with one attached hydrogen (secondary N) is 1. The number of nitrogens with zero attached hydrogens (tertiary/aromatic N) is 2. The molecule has 1 aromatic carbocycles. The second-order valence-electron chi connectivity index (χ2n) is 5.38. The van der Waals surface area contributed by atoms with Crippen molar-refractivity contribution in [1.82, 2.24) is 10.2 Å². The Labute approximate surface area is 137 Å². The summed E-state index contributed by atoms with van der Waals surface area (Å²) < 4.78 is 0. The van der Waals surface area contributed by atoms with E-state index < -0.39 is 0 Å². The fraction of sp³-hybridized carbons (Fsp3) is 0.500. The van der Waals surface area contributed by atoms with Crippen LogP contribution in [0.5, 0.6) is 0 Å². The normalized spacial score (nSPS) is 10.6. The zero-order chi connectivity index (χ0) is 16.5. The maximum absolute atomic E-state index is 11.8. The van der Waals surface area contributed by atoms with E-state index in [1.165, 1.54) is 11.8 Å². The van der Waals surface area contributed by atoms with Crippen molar-refractivity contribution in [3.8, 4) is 0 Å². The van der Waals surface area contributed by atoms with Crippen molar-refractivity contribution in [2.75, 3.05) is 38.6 Å². The van der Waals surface area contributed by atoms with E-state index in [-0.39, 0.29) is 18.2 Å². The molecule has 5 nitrogen and oxygen atoms in total. The Morgan fingerprint density at radius 2 is 1.86 bits per heavy atom. The third-order valence-electron chi connectivity index (χ3n) is 3.19. The molecule has 1 N–H and O–H groups in total. The molecule has 2 amide bonds. The minimum Gasteiger partial charge on any atom is -0.356 e. The van der Waals surface area contributed by atoms with Crippen LogP contribution in [-0.2, 0) is 9.59 Å². The number of para-hydroxylation sites is 1. The van der Waals surface area contributed by atoms with Gasteiger partial charge in [-0.2, -0.15) is 0 Å². The van der Waals surface area contributed by atoms with Crippen molar-refractivity contribution < 1.29 is 9.59 Å². The van der Waals surface area contributed by atoms with Gasteiger partial charge in [-0.15, -0.1) is 0 Å². The van der Waals surface area contributed by atoms with Gasteiger partial charge in [0.05, 0.1) is 10.7 Å². The third-order valence-corrected chi connectivity index (χ3v) is 3.51. The highest BCUT2D eigenvalue weighted by atomic mass is 35.5. The molecule has 122 valence electrons. The smallest absolute Gasteiger partial charge is 0.223 e. The first-order chi connectivity index (χ1) is 10.4. The lowest BCUT2D eigenvalue weighted by Crippen LogP contribution is -2.34. The van der Waals surface area contributed by atoms with Crippen LogP contribution in [0.2, 0.25) is 5.02 Å². The maximum atomic E-state index is 11.8. The molecule has 0 radical (unpaired) electrons. The summed E-state index contributed by atoms with van der Waals surface area (Å²) in [4.78, 5) is 27.2. The lowest BCUT2D eigenvalue weighted by Gasteiger charge is -2.22. The number of carbonyl (C=O) groups is 2. The van der Waals surface area contributed by atoms with E-state index in [1.807, 2.05) is 26.2 Å². The average molecular weight is 326 g/mol. The summed E-state index contributed by atoms with van der Waals surface area (Å²) >= 11 is 6.11. The van der Waals surface area contributed by atoms with E-state index >= 15 is 0 Å². The Morgan fingerprint density at radius 3 is 2.45 bits per heavy atom.